The molecule has 1 atom stereocenters. The lowest BCUT2D eigenvalue weighted by atomic mass is 10.0. The molecule has 0 aliphatic carbocycles. The first-order chi connectivity index (χ1) is 9.83. The Bertz CT molecular complexity index is 271. The maximum Gasteiger partial charge on any atom is 0.330 e. The molecule has 1 aliphatic heterocycles. The van der Waals surface area contributed by atoms with Crippen LogP contribution in [0.1, 0.15) is 90.4 Å². The van der Waals surface area contributed by atoms with Gasteiger partial charge in [-0.2, -0.15) is 0 Å². The SMILES string of the molecule is CCCCCCCC1CCCCCCC/C=C\C(=O)O1. The molecule has 0 bridgehead atoms. The van der Waals surface area contributed by atoms with Crippen LogP contribution in [0.3, 0.4) is 0 Å². The second kappa shape index (κ2) is 12.0. The molecule has 0 fully saturated rings. The molecule has 0 saturated heterocycles. The summed E-state index contributed by atoms with van der Waals surface area (Å²) in [5.74, 6) is -0.135. The smallest absolute Gasteiger partial charge is 0.330 e. The lowest BCUT2D eigenvalue weighted by Crippen LogP contribution is -2.17. The average Bonchev–Trinajstić information content (AvgIpc) is 2.43. The summed E-state index contributed by atoms with van der Waals surface area (Å²) in [5, 5.41) is 0. The molecule has 1 unspecified atom stereocenters. The topological polar surface area (TPSA) is 26.3 Å². The minimum absolute atomic E-state index is 0.135. The fourth-order valence-electron chi connectivity index (χ4n) is 2.79. The minimum Gasteiger partial charge on any atom is -0.459 e. The Morgan fingerprint density at radius 1 is 1.05 bits per heavy atom. The molecule has 0 amide bonds. The zero-order chi connectivity index (χ0) is 14.5. The van der Waals surface area contributed by atoms with Gasteiger partial charge in [0.2, 0.25) is 0 Å². The predicted molar refractivity (Wildman–Crippen MR) is 84.7 cm³/mol. The quantitative estimate of drug-likeness (QED) is 0.470. The van der Waals surface area contributed by atoms with Crippen LogP contribution in [0.2, 0.25) is 0 Å². The Balaban J connectivity index is 2.31. The molecule has 0 aromatic heterocycles. The molecule has 0 aromatic rings. The van der Waals surface area contributed by atoms with Crippen LogP contribution in [-0.4, -0.2) is 12.1 Å². The molecule has 1 heterocycles. The van der Waals surface area contributed by atoms with E-state index >= 15 is 0 Å². The number of allylic oxidation sites excluding steroid dienone is 1. The zero-order valence-electron chi connectivity index (χ0n) is 13.2. The van der Waals surface area contributed by atoms with Gasteiger partial charge in [0.1, 0.15) is 6.10 Å². The molecule has 116 valence electrons. The van der Waals surface area contributed by atoms with E-state index in [0.29, 0.717) is 0 Å². The highest BCUT2D eigenvalue weighted by atomic mass is 16.5. The zero-order valence-corrected chi connectivity index (χ0v) is 13.2. The summed E-state index contributed by atoms with van der Waals surface area (Å²) in [6.07, 6.45) is 19.6. The molecule has 0 aromatic carbocycles. The van der Waals surface area contributed by atoms with Crippen LogP contribution in [0.4, 0.5) is 0 Å². The maximum atomic E-state index is 11.7. The Hall–Kier alpha value is -0.790. The van der Waals surface area contributed by atoms with Gasteiger partial charge < -0.3 is 4.74 Å². The van der Waals surface area contributed by atoms with Crippen molar-refractivity contribution < 1.29 is 9.53 Å². The van der Waals surface area contributed by atoms with Gasteiger partial charge in [0.25, 0.3) is 0 Å². The van der Waals surface area contributed by atoms with Crippen LogP contribution in [0, 0.1) is 0 Å². The van der Waals surface area contributed by atoms with Gasteiger partial charge in [0.05, 0.1) is 0 Å². The molecule has 2 heteroatoms. The van der Waals surface area contributed by atoms with Crippen LogP contribution in [0.5, 0.6) is 0 Å². The standard InChI is InChI=1S/C18H32O2/c1-2-3-4-8-11-14-17-15-12-9-6-5-7-10-13-16-18(19)20-17/h13,16-17H,2-12,14-15H2,1H3/b16-13-. The van der Waals surface area contributed by atoms with E-state index in [1.165, 1.54) is 64.2 Å². The lowest BCUT2D eigenvalue weighted by molar-refractivity contribution is -0.143. The molecular weight excluding hydrogens is 248 g/mol. The highest BCUT2D eigenvalue weighted by Crippen LogP contribution is 2.17. The first-order valence-corrected chi connectivity index (χ1v) is 8.70. The number of carbonyl (C=O) groups excluding carboxylic acids is 1. The normalized spacial score (nSPS) is 23.4. The third-order valence-electron chi connectivity index (χ3n) is 4.06. The van der Waals surface area contributed by atoms with Gasteiger partial charge in [-0.3, -0.25) is 0 Å². The fourth-order valence-corrected chi connectivity index (χ4v) is 2.79. The second-order valence-electron chi connectivity index (χ2n) is 6.01. The number of esters is 1. The lowest BCUT2D eigenvalue weighted by Gasteiger charge is -2.17. The molecule has 20 heavy (non-hydrogen) atoms. The van der Waals surface area contributed by atoms with Gasteiger partial charge in [0, 0.05) is 6.08 Å². The largest absolute Gasteiger partial charge is 0.459 e. The molecule has 0 radical (unpaired) electrons. The van der Waals surface area contributed by atoms with Crippen molar-refractivity contribution in [2.24, 2.45) is 0 Å². The summed E-state index contributed by atoms with van der Waals surface area (Å²) in [7, 11) is 0. The van der Waals surface area contributed by atoms with Gasteiger partial charge in [-0.05, 0) is 38.5 Å². The van der Waals surface area contributed by atoms with Crippen LogP contribution in [0.25, 0.3) is 0 Å². The molecule has 0 N–H and O–H groups in total. The third kappa shape index (κ3) is 9.17. The third-order valence-corrected chi connectivity index (χ3v) is 4.06. The number of rotatable bonds is 6. The molecule has 0 spiro atoms. The van der Waals surface area contributed by atoms with E-state index in [2.05, 4.69) is 6.92 Å². The van der Waals surface area contributed by atoms with Crippen molar-refractivity contribution in [3.63, 3.8) is 0 Å². The van der Waals surface area contributed by atoms with Crippen molar-refractivity contribution in [2.75, 3.05) is 0 Å². The van der Waals surface area contributed by atoms with E-state index in [4.69, 9.17) is 4.74 Å². The van der Waals surface area contributed by atoms with E-state index < -0.39 is 0 Å². The molecule has 0 saturated carbocycles. The Morgan fingerprint density at radius 2 is 1.80 bits per heavy atom. The van der Waals surface area contributed by atoms with E-state index in [1.54, 1.807) is 6.08 Å². The Kier molecular flexibility index (Phi) is 10.3. The highest BCUT2D eigenvalue weighted by molar-refractivity contribution is 5.82. The first-order valence-electron chi connectivity index (χ1n) is 8.70. The summed E-state index contributed by atoms with van der Waals surface area (Å²) in [6.45, 7) is 2.24. The van der Waals surface area contributed by atoms with Gasteiger partial charge in [-0.25, -0.2) is 4.79 Å². The van der Waals surface area contributed by atoms with Crippen molar-refractivity contribution in [3.8, 4) is 0 Å². The number of ether oxygens (including phenoxy) is 1. The van der Waals surface area contributed by atoms with Crippen LogP contribution in [-0.2, 0) is 9.53 Å². The monoisotopic (exact) mass is 280 g/mol. The summed E-state index contributed by atoms with van der Waals surface area (Å²) >= 11 is 0. The highest BCUT2D eigenvalue weighted by Gasteiger charge is 2.12. The van der Waals surface area contributed by atoms with Gasteiger partial charge in [-0.15, -0.1) is 0 Å². The second-order valence-corrected chi connectivity index (χ2v) is 6.01. The summed E-state index contributed by atoms with van der Waals surface area (Å²) in [6, 6.07) is 0. The maximum absolute atomic E-state index is 11.7. The van der Waals surface area contributed by atoms with Gasteiger partial charge in [0.15, 0.2) is 0 Å². The summed E-state index contributed by atoms with van der Waals surface area (Å²) in [5.41, 5.74) is 0. The molecule has 2 nitrogen and oxygen atoms in total. The van der Waals surface area contributed by atoms with Gasteiger partial charge in [-0.1, -0.05) is 57.9 Å². The summed E-state index contributed by atoms with van der Waals surface area (Å²) in [4.78, 5) is 11.7. The van der Waals surface area contributed by atoms with Crippen LogP contribution < -0.4 is 0 Å². The molecule has 1 rings (SSSR count). The van der Waals surface area contributed by atoms with Crippen LogP contribution in [0.15, 0.2) is 12.2 Å². The molecular formula is C18H32O2. The average molecular weight is 280 g/mol. The number of hydrogen-bond donors (Lipinski definition) is 0. The fraction of sp³-hybridized carbons (Fsp3) is 0.833. The van der Waals surface area contributed by atoms with Crippen molar-refractivity contribution in [3.05, 3.63) is 12.2 Å². The van der Waals surface area contributed by atoms with Crippen molar-refractivity contribution in [1.82, 2.24) is 0 Å². The van der Waals surface area contributed by atoms with E-state index in [0.717, 1.165) is 19.3 Å². The Labute approximate surface area is 125 Å². The number of cyclic esters (lactones) is 1. The van der Waals surface area contributed by atoms with Gasteiger partial charge >= 0.3 is 5.97 Å². The Morgan fingerprint density at radius 3 is 2.65 bits per heavy atom. The first kappa shape index (κ1) is 17.3. The van der Waals surface area contributed by atoms with Crippen molar-refractivity contribution in [2.45, 2.75) is 96.5 Å². The van der Waals surface area contributed by atoms with Crippen molar-refractivity contribution >= 4 is 5.97 Å². The number of unbranched alkanes of at least 4 members (excludes halogenated alkanes) is 4. The van der Waals surface area contributed by atoms with E-state index in [9.17, 15) is 4.79 Å². The number of hydrogen-bond acceptors (Lipinski definition) is 2. The summed E-state index contributed by atoms with van der Waals surface area (Å²) < 4.78 is 5.60. The van der Waals surface area contributed by atoms with Crippen LogP contribution >= 0.6 is 0 Å². The van der Waals surface area contributed by atoms with E-state index in [-0.39, 0.29) is 12.1 Å². The minimum atomic E-state index is -0.135. The molecule has 1 aliphatic rings. The predicted octanol–water partition coefficient (Wildman–Crippen LogP) is 5.56. The number of carbonyl (C=O) groups is 1. The van der Waals surface area contributed by atoms with E-state index in [1.807, 2.05) is 6.08 Å². The van der Waals surface area contributed by atoms with Crippen molar-refractivity contribution in [1.29, 1.82) is 0 Å².